The number of rotatable bonds is 4. The average Bonchev–Trinajstić information content (AvgIpc) is 2.37. The normalized spacial score (nSPS) is 10.8. The molecule has 2 aromatic carbocycles. The molecule has 0 N–H and O–H groups in total. The molecule has 0 unspecified atom stereocenters. The summed E-state index contributed by atoms with van der Waals surface area (Å²) in [5.41, 5.74) is 2.91. The Hall–Kier alpha value is -2.16. The van der Waals surface area contributed by atoms with Gasteiger partial charge in [0.15, 0.2) is 0 Å². The van der Waals surface area contributed by atoms with E-state index in [0.29, 0.717) is 0 Å². The number of aryl methyl sites for hydroxylation is 1. The highest BCUT2D eigenvalue weighted by Crippen LogP contribution is 2.06. The standard InChI is InChI=1S/C15H14FNO/c1-12-5-2-3-7-14(12)10-17-18-11-13-6-4-8-15(16)9-13/h2-10H,11H2,1H3. The van der Waals surface area contributed by atoms with Crippen molar-refractivity contribution in [3.05, 3.63) is 71.0 Å². The first-order chi connectivity index (χ1) is 8.75. The second-order valence-electron chi connectivity index (χ2n) is 3.99. The molecule has 0 amide bonds. The summed E-state index contributed by atoms with van der Waals surface area (Å²) in [4.78, 5) is 5.14. The molecule has 2 nitrogen and oxygen atoms in total. The molecule has 0 saturated heterocycles. The molecule has 0 radical (unpaired) electrons. The van der Waals surface area contributed by atoms with Crippen molar-refractivity contribution in [3.63, 3.8) is 0 Å². The van der Waals surface area contributed by atoms with Crippen molar-refractivity contribution in [2.45, 2.75) is 13.5 Å². The van der Waals surface area contributed by atoms with Crippen molar-refractivity contribution in [2.75, 3.05) is 0 Å². The minimum Gasteiger partial charge on any atom is -0.391 e. The Morgan fingerprint density at radius 2 is 2.00 bits per heavy atom. The Labute approximate surface area is 106 Å². The number of benzene rings is 2. The lowest BCUT2D eigenvalue weighted by atomic mass is 10.1. The summed E-state index contributed by atoms with van der Waals surface area (Å²) in [6, 6.07) is 14.2. The van der Waals surface area contributed by atoms with Crippen LogP contribution in [-0.2, 0) is 11.4 Å². The number of halogens is 1. The minimum atomic E-state index is -0.265. The molecule has 92 valence electrons. The van der Waals surface area contributed by atoms with Crippen LogP contribution in [0.3, 0.4) is 0 Å². The van der Waals surface area contributed by atoms with Crippen molar-refractivity contribution in [1.82, 2.24) is 0 Å². The van der Waals surface area contributed by atoms with Crippen molar-refractivity contribution in [1.29, 1.82) is 0 Å². The van der Waals surface area contributed by atoms with Crippen LogP contribution in [0.5, 0.6) is 0 Å². The van der Waals surface area contributed by atoms with Crippen molar-refractivity contribution < 1.29 is 9.23 Å². The van der Waals surface area contributed by atoms with Gasteiger partial charge in [-0.15, -0.1) is 0 Å². The smallest absolute Gasteiger partial charge is 0.142 e. The number of hydrogen-bond donors (Lipinski definition) is 0. The van der Waals surface area contributed by atoms with Crippen LogP contribution in [0, 0.1) is 12.7 Å². The molecule has 0 fully saturated rings. The Kier molecular flexibility index (Phi) is 4.07. The van der Waals surface area contributed by atoms with Gasteiger partial charge in [-0.25, -0.2) is 4.39 Å². The highest BCUT2D eigenvalue weighted by molar-refractivity contribution is 5.81. The monoisotopic (exact) mass is 243 g/mol. The maximum atomic E-state index is 12.9. The third kappa shape index (κ3) is 3.42. The molecular formula is C15H14FNO. The van der Waals surface area contributed by atoms with Crippen LogP contribution in [0.1, 0.15) is 16.7 Å². The SMILES string of the molecule is Cc1ccccc1C=NOCc1cccc(F)c1. The maximum Gasteiger partial charge on any atom is 0.142 e. The Bertz CT molecular complexity index is 552. The Morgan fingerprint density at radius 3 is 2.78 bits per heavy atom. The summed E-state index contributed by atoms with van der Waals surface area (Å²) in [6.45, 7) is 2.27. The second kappa shape index (κ2) is 5.96. The van der Waals surface area contributed by atoms with Gasteiger partial charge in [0, 0.05) is 0 Å². The van der Waals surface area contributed by atoms with Gasteiger partial charge in [-0.2, -0.15) is 0 Å². The molecule has 3 heteroatoms. The Morgan fingerprint density at radius 1 is 1.17 bits per heavy atom. The molecule has 0 aromatic heterocycles. The lowest BCUT2D eigenvalue weighted by Gasteiger charge is -2.00. The van der Waals surface area contributed by atoms with Crippen molar-refractivity contribution in [2.24, 2.45) is 5.16 Å². The number of nitrogens with zero attached hydrogens (tertiary/aromatic N) is 1. The van der Waals surface area contributed by atoms with Gasteiger partial charge in [-0.05, 0) is 35.7 Å². The van der Waals surface area contributed by atoms with E-state index in [4.69, 9.17) is 4.84 Å². The fourth-order valence-corrected chi connectivity index (χ4v) is 1.56. The number of hydrogen-bond acceptors (Lipinski definition) is 2. The molecular weight excluding hydrogens is 229 g/mol. The van der Waals surface area contributed by atoms with E-state index in [0.717, 1.165) is 16.7 Å². The fourth-order valence-electron chi connectivity index (χ4n) is 1.56. The molecule has 0 atom stereocenters. The van der Waals surface area contributed by atoms with E-state index in [1.807, 2.05) is 31.2 Å². The summed E-state index contributed by atoms with van der Waals surface area (Å²) < 4.78 is 12.9. The highest BCUT2D eigenvalue weighted by atomic mass is 19.1. The molecule has 0 aliphatic carbocycles. The zero-order valence-electron chi connectivity index (χ0n) is 10.1. The first kappa shape index (κ1) is 12.3. The topological polar surface area (TPSA) is 21.6 Å². The third-order valence-electron chi connectivity index (χ3n) is 2.58. The van der Waals surface area contributed by atoms with Gasteiger partial charge in [0.05, 0.1) is 6.21 Å². The molecule has 0 spiro atoms. The van der Waals surface area contributed by atoms with E-state index in [2.05, 4.69) is 5.16 Å². The summed E-state index contributed by atoms with van der Waals surface area (Å²) in [5, 5.41) is 3.88. The first-order valence-corrected chi connectivity index (χ1v) is 5.71. The van der Waals surface area contributed by atoms with Crippen LogP contribution >= 0.6 is 0 Å². The molecule has 0 saturated carbocycles. The molecule has 0 aliphatic heterocycles. The quantitative estimate of drug-likeness (QED) is 0.593. The summed E-state index contributed by atoms with van der Waals surface area (Å²) >= 11 is 0. The van der Waals surface area contributed by atoms with Gasteiger partial charge in [-0.1, -0.05) is 41.6 Å². The predicted molar refractivity (Wildman–Crippen MR) is 70.0 cm³/mol. The van der Waals surface area contributed by atoms with Gasteiger partial charge in [0.1, 0.15) is 12.4 Å². The van der Waals surface area contributed by atoms with Gasteiger partial charge in [0.2, 0.25) is 0 Å². The van der Waals surface area contributed by atoms with Crippen LogP contribution in [-0.4, -0.2) is 6.21 Å². The second-order valence-corrected chi connectivity index (χ2v) is 3.99. The fraction of sp³-hybridized carbons (Fsp3) is 0.133. The molecule has 2 aromatic rings. The van der Waals surface area contributed by atoms with E-state index in [-0.39, 0.29) is 12.4 Å². The van der Waals surface area contributed by atoms with Gasteiger partial charge >= 0.3 is 0 Å². The Balaban J connectivity index is 1.91. The summed E-state index contributed by atoms with van der Waals surface area (Å²) in [7, 11) is 0. The van der Waals surface area contributed by atoms with E-state index >= 15 is 0 Å². The van der Waals surface area contributed by atoms with E-state index in [1.54, 1.807) is 18.3 Å². The highest BCUT2D eigenvalue weighted by Gasteiger charge is 1.95. The molecule has 18 heavy (non-hydrogen) atoms. The van der Waals surface area contributed by atoms with Crippen LogP contribution in [0.4, 0.5) is 4.39 Å². The van der Waals surface area contributed by atoms with Crippen LogP contribution in [0.15, 0.2) is 53.7 Å². The zero-order valence-corrected chi connectivity index (χ0v) is 10.1. The first-order valence-electron chi connectivity index (χ1n) is 5.71. The molecule has 2 rings (SSSR count). The lowest BCUT2D eigenvalue weighted by molar-refractivity contribution is 0.132. The van der Waals surface area contributed by atoms with Gasteiger partial charge < -0.3 is 4.84 Å². The molecule has 0 bridgehead atoms. The van der Waals surface area contributed by atoms with Crippen molar-refractivity contribution in [3.8, 4) is 0 Å². The van der Waals surface area contributed by atoms with Crippen LogP contribution in [0.2, 0.25) is 0 Å². The van der Waals surface area contributed by atoms with Gasteiger partial charge in [0.25, 0.3) is 0 Å². The van der Waals surface area contributed by atoms with Crippen LogP contribution in [0.25, 0.3) is 0 Å². The minimum absolute atomic E-state index is 0.264. The zero-order chi connectivity index (χ0) is 12.8. The maximum absolute atomic E-state index is 12.9. The summed E-state index contributed by atoms with van der Waals surface area (Å²) in [6.07, 6.45) is 1.66. The van der Waals surface area contributed by atoms with E-state index in [1.165, 1.54) is 12.1 Å². The predicted octanol–water partition coefficient (Wildman–Crippen LogP) is 3.68. The van der Waals surface area contributed by atoms with Crippen molar-refractivity contribution >= 4 is 6.21 Å². The molecule has 0 heterocycles. The van der Waals surface area contributed by atoms with E-state index < -0.39 is 0 Å². The molecule has 0 aliphatic rings. The lowest BCUT2D eigenvalue weighted by Crippen LogP contribution is -1.90. The van der Waals surface area contributed by atoms with Gasteiger partial charge in [-0.3, -0.25) is 0 Å². The van der Waals surface area contributed by atoms with E-state index in [9.17, 15) is 4.39 Å². The summed E-state index contributed by atoms with van der Waals surface area (Å²) in [5.74, 6) is -0.265. The number of oxime groups is 1. The largest absolute Gasteiger partial charge is 0.391 e. The van der Waals surface area contributed by atoms with Crippen LogP contribution < -0.4 is 0 Å². The third-order valence-corrected chi connectivity index (χ3v) is 2.58. The average molecular weight is 243 g/mol.